The Bertz CT molecular complexity index is 487. The maximum atomic E-state index is 10.6. The maximum absolute atomic E-state index is 10.6. The summed E-state index contributed by atoms with van der Waals surface area (Å²) in [5.41, 5.74) is 0.735. The van der Waals surface area contributed by atoms with Gasteiger partial charge in [-0.1, -0.05) is 12.2 Å². The van der Waals surface area contributed by atoms with E-state index in [1.807, 2.05) is 12.2 Å². The van der Waals surface area contributed by atoms with Crippen molar-refractivity contribution in [1.82, 2.24) is 4.98 Å². The molecule has 18 heavy (non-hydrogen) atoms. The molecular weight excluding hydrogens is 234 g/mol. The minimum Gasteiger partial charge on any atom is -0.396 e. The lowest BCUT2D eigenvalue weighted by atomic mass is 10.1. The fourth-order valence-corrected chi connectivity index (χ4v) is 2.00. The standard InChI is InChI=1S/C12H15N3O3/c1-8-4-11(15(17)18)6-13-12(8)14-10-3-2-9(5-10)7-16/h2-4,6,9-10,16H,5,7H2,1H3,(H,13,14)/t9-,10+/m1/s1. The van der Waals surface area contributed by atoms with E-state index in [1.54, 1.807) is 6.92 Å². The summed E-state index contributed by atoms with van der Waals surface area (Å²) in [6, 6.07) is 1.62. The molecule has 2 atom stereocenters. The maximum Gasteiger partial charge on any atom is 0.287 e. The number of pyridine rings is 1. The van der Waals surface area contributed by atoms with Crippen molar-refractivity contribution in [1.29, 1.82) is 0 Å². The van der Waals surface area contributed by atoms with Crippen LogP contribution in [0, 0.1) is 23.0 Å². The number of aryl methyl sites for hydroxylation is 1. The summed E-state index contributed by atoms with van der Waals surface area (Å²) < 4.78 is 0. The summed E-state index contributed by atoms with van der Waals surface area (Å²) in [6.45, 7) is 1.92. The Morgan fingerprint density at radius 2 is 2.39 bits per heavy atom. The van der Waals surface area contributed by atoms with Gasteiger partial charge in [0.05, 0.1) is 4.92 Å². The van der Waals surface area contributed by atoms with Gasteiger partial charge in [-0.2, -0.15) is 0 Å². The van der Waals surface area contributed by atoms with Crippen molar-refractivity contribution in [3.63, 3.8) is 0 Å². The Balaban J connectivity index is 2.07. The Labute approximate surface area is 105 Å². The Kier molecular flexibility index (Phi) is 3.57. The molecule has 0 amide bonds. The molecule has 0 bridgehead atoms. The topological polar surface area (TPSA) is 88.3 Å². The average molecular weight is 249 g/mol. The second-order valence-corrected chi connectivity index (χ2v) is 4.43. The fourth-order valence-electron chi connectivity index (χ4n) is 2.00. The summed E-state index contributed by atoms with van der Waals surface area (Å²) in [5, 5.41) is 22.8. The largest absolute Gasteiger partial charge is 0.396 e. The van der Waals surface area contributed by atoms with Crippen LogP contribution in [-0.2, 0) is 0 Å². The minimum absolute atomic E-state index is 0.00625. The Morgan fingerprint density at radius 3 is 2.94 bits per heavy atom. The normalized spacial score (nSPS) is 22.1. The molecule has 6 nitrogen and oxygen atoms in total. The number of aliphatic hydroxyl groups excluding tert-OH is 1. The zero-order valence-electron chi connectivity index (χ0n) is 10.0. The third-order valence-corrected chi connectivity index (χ3v) is 3.00. The number of hydrogen-bond donors (Lipinski definition) is 2. The van der Waals surface area contributed by atoms with Crippen LogP contribution in [0.4, 0.5) is 11.5 Å². The van der Waals surface area contributed by atoms with E-state index in [2.05, 4.69) is 10.3 Å². The predicted molar refractivity (Wildman–Crippen MR) is 67.4 cm³/mol. The van der Waals surface area contributed by atoms with Crippen LogP contribution >= 0.6 is 0 Å². The highest BCUT2D eigenvalue weighted by molar-refractivity contribution is 5.49. The highest BCUT2D eigenvalue weighted by atomic mass is 16.6. The van der Waals surface area contributed by atoms with E-state index in [-0.39, 0.29) is 24.3 Å². The second kappa shape index (κ2) is 5.14. The Morgan fingerprint density at radius 1 is 1.61 bits per heavy atom. The fraction of sp³-hybridized carbons (Fsp3) is 0.417. The molecular formula is C12H15N3O3. The van der Waals surface area contributed by atoms with Crippen molar-refractivity contribution in [2.75, 3.05) is 11.9 Å². The lowest BCUT2D eigenvalue weighted by Crippen LogP contribution is -2.18. The molecule has 0 radical (unpaired) electrons. The number of hydrogen-bond acceptors (Lipinski definition) is 5. The molecule has 1 heterocycles. The summed E-state index contributed by atoms with van der Waals surface area (Å²) in [7, 11) is 0. The van der Waals surface area contributed by atoms with Crippen molar-refractivity contribution < 1.29 is 10.0 Å². The lowest BCUT2D eigenvalue weighted by Gasteiger charge is -2.14. The van der Waals surface area contributed by atoms with Gasteiger partial charge < -0.3 is 10.4 Å². The molecule has 0 fully saturated rings. The van der Waals surface area contributed by atoms with Crippen molar-refractivity contribution >= 4 is 11.5 Å². The molecule has 0 spiro atoms. The molecule has 1 aliphatic carbocycles. The van der Waals surface area contributed by atoms with Crippen LogP contribution in [0.2, 0.25) is 0 Å². The number of nitro groups is 1. The summed E-state index contributed by atoms with van der Waals surface area (Å²) in [6.07, 6.45) is 6.02. The first-order chi connectivity index (χ1) is 8.60. The molecule has 96 valence electrons. The second-order valence-electron chi connectivity index (χ2n) is 4.43. The van der Waals surface area contributed by atoms with E-state index in [1.165, 1.54) is 12.3 Å². The third-order valence-electron chi connectivity index (χ3n) is 3.00. The minimum atomic E-state index is -0.457. The molecule has 2 N–H and O–H groups in total. The SMILES string of the molecule is Cc1cc([N+](=O)[O-])cnc1N[C@H]1C=C[C@@H](CO)C1. The van der Waals surface area contributed by atoms with Gasteiger partial charge in [-0.15, -0.1) is 0 Å². The molecule has 1 aromatic rings. The molecule has 0 saturated carbocycles. The van der Waals surface area contributed by atoms with E-state index in [4.69, 9.17) is 5.11 Å². The van der Waals surface area contributed by atoms with E-state index >= 15 is 0 Å². The Hall–Kier alpha value is -1.95. The zero-order valence-corrected chi connectivity index (χ0v) is 10.0. The van der Waals surface area contributed by atoms with Gasteiger partial charge in [0.15, 0.2) is 0 Å². The van der Waals surface area contributed by atoms with Crippen LogP contribution in [0.3, 0.4) is 0 Å². The quantitative estimate of drug-likeness (QED) is 0.481. The summed E-state index contributed by atoms with van der Waals surface area (Å²) >= 11 is 0. The van der Waals surface area contributed by atoms with Crippen LogP contribution in [0.5, 0.6) is 0 Å². The molecule has 0 unspecified atom stereocenters. The van der Waals surface area contributed by atoms with E-state index in [0.717, 1.165) is 12.0 Å². The van der Waals surface area contributed by atoms with Crippen molar-refractivity contribution in [2.24, 2.45) is 5.92 Å². The van der Waals surface area contributed by atoms with Gasteiger partial charge in [0.25, 0.3) is 5.69 Å². The van der Waals surface area contributed by atoms with Crippen LogP contribution in [-0.4, -0.2) is 27.7 Å². The van der Waals surface area contributed by atoms with E-state index in [9.17, 15) is 10.1 Å². The van der Waals surface area contributed by atoms with Gasteiger partial charge >= 0.3 is 0 Å². The van der Waals surface area contributed by atoms with Gasteiger partial charge in [0.1, 0.15) is 12.0 Å². The zero-order chi connectivity index (χ0) is 13.1. The first kappa shape index (κ1) is 12.5. The van der Waals surface area contributed by atoms with Crippen LogP contribution < -0.4 is 5.32 Å². The number of aliphatic hydroxyl groups is 1. The number of anilines is 1. The molecule has 0 saturated heterocycles. The highest BCUT2D eigenvalue weighted by Crippen LogP contribution is 2.23. The molecule has 1 aromatic heterocycles. The average Bonchev–Trinajstić information content (AvgIpc) is 2.79. The van der Waals surface area contributed by atoms with Crippen molar-refractivity contribution in [2.45, 2.75) is 19.4 Å². The van der Waals surface area contributed by atoms with E-state index in [0.29, 0.717) is 5.82 Å². The molecule has 1 aliphatic rings. The summed E-state index contributed by atoms with van der Waals surface area (Å²) in [5.74, 6) is 0.828. The molecule has 2 rings (SSSR count). The van der Waals surface area contributed by atoms with Crippen LogP contribution in [0.15, 0.2) is 24.4 Å². The van der Waals surface area contributed by atoms with Gasteiger partial charge in [0, 0.05) is 24.6 Å². The first-order valence-electron chi connectivity index (χ1n) is 5.77. The lowest BCUT2D eigenvalue weighted by molar-refractivity contribution is -0.385. The molecule has 0 aromatic carbocycles. The predicted octanol–water partition coefficient (Wildman–Crippen LogP) is 1.65. The summed E-state index contributed by atoms with van der Waals surface area (Å²) in [4.78, 5) is 14.2. The number of aromatic nitrogens is 1. The van der Waals surface area contributed by atoms with Crippen LogP contribution in [0.25, 0.3) is 0 Å². The van der Waals surface area contributed by atoms with Crippen molar-refractivity contribution in [3.8, 4) is 0 Å². The third kappa shape index (κ3) is 2.65. The molecule has 6 heteroatoms. The van der Waals surface area contributed by atoms with Gasteiger partial charge in [-0.3, -0.25) is 10.1 Å². The first-order valence-corrected chi connectivity index (χ1v) is 5.77. The number of nitrogens with one attached hydrogen (secondary N) is 1. The van der Waals surface area contributed by atoms with Crippen LogP contribution in [0.1, 0.15) is 12.0 Å². The van der Waals surface area contributed by atoms with Gasteiger partial charge in [-0.25, -0.2) is 4.98 Å². The van der Waals surface area contributed by atoms with Crippen molar-refractivity contribution in [3.05, 3.63) is 40.1 Å². The van der Waals surface area contributed by atoms with Gasteiger partial charge in [-0.05, 0) is 18.9 Å². The monoisotopic (exact) mass is 249 g/mol. The number of nitrogens with zero attached hydrogens (tertiary/aromatic N) is 2. The van der Waals surface area contributed by atoms with E-state index < -0.39 is 4.92 Å². The highest BCUT2D eigenvalue weighted by Gasteiger charge is 2.19. The molecule has 0 aliphatic heterocycles. The number of rotatable bonds is 4. The smallest absolute Gasteiger partial charge is 0.287 e. The van der Waals surface area contributed by atoms with Gasteiger partial charge in [0.2, 0.25) is 0 Å².